The van der Waals surface area contributed by atoms with Crippen LogP contribution in [0.25, 0.3) is 0 Å². The Kier molecular flexibility index (Phi) is 4.14. The summed E-state index contributed by atoms with van der Waals surface area (Å²) < 4.78 is 10.0. The summed E-state index contributed by atoms with van der Waals surface area (Å²) in [4.78, 5) is 29.5. The molecule has 2 aliphatic rings. The van der Waals surface area contributed by atoms with E-state index in [-0.39, 0.29) is 23.5 Å². The van der Waals surface area contributed by atoms with E-state index in [0.29, 0.717) is 19.6 Å². The van der Waals surface area contributed by atoms with Crippen molar-refractivity contribution in [3.63, 3.8) is 0 Å². The van der Waals surface area contributed by atoms with Crippen LogP contribution in [0.4, 0.5) is 5.69 Å². The number of para-hydroxylation sites is 1. The van der Waals surface area contributed by atoms with Gasteiger partial charge in [-0.15, -0.1) is 0 Å². The van der Waals surface area contributed by atoms with Crippen LogP contribution in [0, 0.1) is 5.41 Å². The number of anilines is 1. The molecule has 1 aromatic heterocycles. The largest absolute Gasteiger partial charge is 0.479 e. The molecule has 0 saturated carbocycles. The molecule has 0 N–H and O–H groups in total. The van der Waals surface area contributed by atoms with Gasteiger partial charge in [-0.3, -0.25) is 9.59 Å². The number of amides is 2. The van der Waals surface area contributed by atoms with E-state index >= 15 is 0 Å². The molecule has 0 aliphatic carbocycles. The van der Waals surface area contributed by atoms with E-state index < -0.39 is 5.41 Å². The Morgan fingerprint density at radius 3 is 2.77 bits per heavy atom. The zero-order valence-electron chi connectivity index (χ0n) is 14.7. The Morgan fingerprint density at radius 2 is 2.04 bits per heavy atom. The van der Waals surface area contributed by atoms with E-state index in [9.17, 15) is 9.59 Å². The summed E-state index contributed by atoms with van der Waals surface area (Å²) >= 11 is 0. The van der Waals surface area contributed by atoms with Gasteiger partial charge in [-0.05, 0) is 36.6 Å². The van der Waals surface area contributed by atoms with E-state index in [2.05, 4.69) is 5.16 Å². The number of rotatable bonds is 3. The van der Waals surface area contributed by atoms with Gasteiger partial charge < -0.3 is 19.1 Å². The fourth-order valence-corrected chi connectivity index (χ4v) is 3.97. The predicted octanol–water partition coefficient (Wildman–Crippen LogP) is 2.34. The van der Waals surface area contributed by atoms with Crippen molar-refractivity contribution in [2.45, 2.75) is 19.3 Å². The molecule has 1 atom stereocenters. The summed E-state index contributed by atoms with van der Waals surface area (Å²) in [5.41, 5.74) is 0.409. The molecule has 7 nitrogen and oxygen atoms in total. The first-order chi connectivity index (χ1) is 12.6. The van der Waals surface area contributed by atoms with Gasteiger partial charge in [0.05, 0.1) is 18.6 Å². The molecule has 4 rings (SSSR count). The monoisotopic (exact) mass is 355 g/mol. The number of carbonyl (C=O) groups is 2. The van der Waals surface area contributed by atoms with Gasteiger partial charge in [0, 0.05) is 25.3 Å². The van der Waals surface area contributed by atoms with Crippen molar-refractivity contribution in [3.8, 4) is 5.88 Å². The van der Waals surface area contributed by atoms with Crippen LogP contribution in [-0.4, -0.2) is 48.6 Å². The van der Waals surface area contributed by atoms with Crippen LogP contribution in [-0.2, 0) is 4.79 Å². The number of carbonyl (C=O) groups excluding carboxylic acids is 2. The Bertz CT molecular complexity index is 819. The summed E-state index contributed by atoms with van der Waals surface area (Å²) in [5.74, 6) is 0.277. The van der Waals surface area contributed by atoms with Crippen molar-refractivity contribution in [3.05, 3.63) is 42.2 Å². The third kappa shape index (κ3) is 2.73. The zero-order valence-corrected chi connectivity index (χ0v) is 14.7. The quantitative estimate of drug-likeness (QED) is 0.845. The number of benzene rings is 1. The molecular formula is C19H21N3O4. The average Bonchev–Trinajstić information content (AvgIpc) is 3.28. The van der Waals surface area contributed by atoms with Gasteiger partial charge in [0.1, 0.15) is 0 Å². The minimum atomic E-state index is -0.506. The SMILES string of the molecule is COc1cc(C(=O)N2CCCC3(CCN(c4ccccc4)C3=O)C2)on1. The van der Waals surface area contributed by atoms with Gasteiger partial charge in [0.25, 0.3) is 11.8 Å². The van der Waals surface area contributed by atoms with E-state index in [1.165, 1.54) is 13.2 Å². The predicted molar refractivity (Wildman–Crippen MR) is 94.0 cm³/mol. The van der Waals surface area contributed by atoms with Gasteiger partial charge >= 0.3 is 0 Å². The lowest BCUT2D eigenvalue weighted by Gasteiger charge is -2.38. The average molecular weight is 355 g/mol. The Morgan fingerprint density at radius 1 is 1.23 bits per heavy atom. The molecule has 1 unspecified atom stereocenters. The second-order valence-corrected chi connectivity index (χ2v) is 6.89. The minimum Gasteiger partial charge on any atom is -0.479 e. The molecule has 2 aromatic rings. The van der Waals surface area contributed by atoms with Crippen molar-refractivity contribution in [1.82, 2.24) is 10.1 Å². The van der Waals surface area contributed by atoms with Gasteiger partial charge in [-0.25, -0.2) is 0 Å². The lowest BCUT2D eigenvalue weighted by Crippen LogP contribution is -2.49. The van der Waals surface area contributed by atoms with Gasteiger partial charge in [-0.1, -0.05) is 18.2 Å². The molecule has 3 heterocycles. The molecule has 26 heavy (non-hydrogen) atoms. The molecule has 0 bridgehead atoms. The standard InChI is InChI=1S/C19H21N3O4/c1-25-16-12-15(26-20-16)17(23)21-10-5-8-19(13-21)9-11-22(18(19)24)14-6-3-2-4-7-14/h2-4,6-7,12H,5,8-11,13H2,1H3. The van der Waals surface area contributed by atoms with Crippen molar-refractivity contribution in [2.24, 2.45) is 5.41 Å². The molecule has 2 aliphatic heterocycles. The molecular weight excluding hydrogens is 334 g/mol. The fourth-order valence-electron chi connectivity index (χ4n) is 3.97. The van der Waals surface area contributed by atoms with Crippen LogP contribution in [0.5, 0.6) is 5.88 Å². The zero-order chi connectivity index (χ0) is 18.1. The number of aromatic nitrogens is 1. The van der Waals surface area contributed by atoms with Crippen LogP contribution < -0.4 is 9.64 Å². The number of likely N-dealkylation sites (tertiary alicyclic amines) is 1. The first-order valence-electron chi connectivity index (χ1n) is 8.80. The lowest BCUT2D eigenvalue weighted by atomic mass is 9.78. The van der Waals surface area contributed by atoms with Crippen LogP contribution in [0.15, 0.2) is 40.9 Å². The molecule has 1 aromatic carbocycles. The molecule has 2 saturated heterocycles. The smallest absolute Gasteiger partial charge is 0.292 e. The number of methoxy groups -OCH3 is 1. The molecule has 136 valence electrons. The number of hydrogen-bond donors (Lipinski definition) is 0. The van der Waals surface area contributed by atoms with Crippen molar-refractivity contribution in [2.75, 3.05) is 31.6 Å². The Hall–Kier alpha value is -2.83. The van der Waals surface area contributed by atoms with Crippen LogP contribution in [0.1, 0.15) is 29.8 Å². The molecule has 7 heteroatoms. The maximum Gasteiger partial charge on any atom is 0.292 e. The first kappa shape index (κ1) is 16.6. The summed E-state index contributed by atoms with van der Waals surface area (Å²) in [7, 11) is 1.47. The van der Waals surface area contributed by atoms with Crippen molar-refractivity contribution >= 4 is 17.5 Å². The Labute approximate surface area is 151 Å². The van der Waals surface area contributed by atoms with Crippen LogP contribution >= 0.6 is 0 Å². The molecule has 2 fully saturated rings. The number of nitrogens with zero attached hydrogens (tertiary/aromatic N) is 3. The highest BCUT2D eigenvalue weighted by molar-refractivity contribution is 6.01. The third-order valence-electron chi connectivity index (χ3n) is 5.35. The number of hydrogen-bond acceptors (Lipinski definition) is 5. The summed E-state index contributed by atoms with van der Waals surface area (Å²) in [6.07, 6.45) is 2.36. The van der Waals surface area contributed by atoms with E-state index in [1.54, 1.807) is 4.90 Å². The van der Waals surface area contributed by atoms with Gasteiger partial charge in [-0.2, -0.15) is 0 Å². The highest BCUT2D eigenvalue weighted by atomic mass is 16.5. The summed E-state index contributed by atoms with van der Waals surface area (Å²) in [6.45, 7) is 1.71. The third-order valence-corrected chi connectivity index (χ3v) is 5.35. The van der Waals surface area contributed by atoms with Crippen LogP contribution in [0.2, 0.25) is 0 Å². The highest BCUT2D eigenvalue weighted by Gasteiger charge is 2.50. The summed E-state index contributed by atoms with van der Waals surface area (Å²) in [6, 6.07) is 11.2. The first-order valence-corrected chi connectivity index (χ1v) is 8.80. The fraction of sp³-hybridized carbons (Fsp3) is 0.421. The number of ether oxygens (including phenoxy) is 1. The maximum absolute atomic E-state index is 13.2. The summed E-state index contributed by atoms with van der Waals surface area (Å²) in [5, 5.41) is 3.69. The van der Waals surface area contributed by atoms with Gasteiger partial charge in [0.2, 0.25) is 11.7 Å². The second kappa shape index (κ2) is 6.48. The second-order valence-electron chi connectivity index (χ2n) is 6.89. The highest BCUT2D eigenvalue weighted by Crippen LogP contribution is 2.42. The van der Waals surface area contributed by atoms with Gasteiger partial charge in [0.15, 0.2) is 0 Å². The molecule has 2 amide bonds. The lowest BCUT2D eigenvalue weighted by molar-refractivity contribution is -0.127. The minimum absolute atomic E-state index is 0.108. The van der Waals surface area contributed by atoms with Crippen molar-refractivity contribution in [1.29, 1.82) is 0 Å². The van der Waals surface area contributed by atoms with E-state index in [4.69, 9.17) is 9.26 Å². The molecule has 1 spiro atoms. The van der Waals surface area contributed by atoms with Crippen molar-refractivity contribution < 1.29 is 18.8 Å². The topological polar surface area (TPSA) is 75.9 Å². The van der Waals surface area contributed by atoms with E-state index in [1.807, 2.05) is 35.2 Å². The Balaban J connectivity index is 1.53. The van der Waals surface area contributed by atoms with E-state index in [0.717, 1.165) is 24.9 Å². The van der Waals surface area contributed by atoms with Crippen LogP contribution in [0.3, 0.4) is 0 Å². The number of piperidine rings is 1. The molecule has 0 radical (unpaired) electrons. The normalized spacial score (nSPS) is 22.9. The maximum atomic E-state index is 13.2.